The van der Waals surface area contributed by atoms with Crippen molar-refractivity contribution < 1.29 is 5.11 Å². The van der Waals surface area contributed by atoms with E-state index in [0.717, 1.165) is 16.7 Å². The molecule has 0 radical (unpaired) electrons. The van der Waals surface area contributed by atoms with Crippen LogP contribution in [0.5, 0.6) is 0 Å². The molecule has 1 heterocycles. The van der Waals surface area contributed by atoms with Crippen molar-refractivity contribution in [3.8, 4) is 0 Å². The Bertz CT molecular complexity index is 479. The molecule has 82 valence electrons. The average molecular weight is 213 g/mol. The van der Waals surface area contributed by atoms with Crippen molar-refractivity contribution in [2.45, 2.75) is 20.0 Å². The van der Waals surface area contributed by atoms with Gasteiger partial charge in [-0.2, -0.15) is 0 Å². The first kappa shape index (κ1) is 10.8. The fourth-order valence-corrected chi connectivity index (χ4v) is 1.85. The molecule has 0 amide bonds. The fraction of sp³-hybridized carbons (Fsp3) is 0.214. The summed E-state index contributed by atoms with van der Waals surface area (Å²) in [6.45, 7) is 4.06. The highest BCUT2D eigenvalue weighted by molar-refractivity contribution is 5.36. The van der Waals surface area contributed by atoms with E-state index in [0.29, 0.717) is 0 Å². The molecular weight excluding hydrogens is 198 g/mol. The van der Waals surface area contributed by atoms with Crippen LogP contribution in [0.25, 0.3) is 0 Å². The molecule has 0 spiro atoms. The Kier molecular flexibility index (Phi) is 3.02. The van der Waals surface area contributed by atoms with E-state index in [9.17, 15) is 5.11 Å². The maximum absolute atomic E-state index is 10.2. The molecule has 0 aliphatic carbocycles. The third kappa shape index (κ3) is 2.12. The van der Waals surface area contributed by atoms with Crippen molar-refractivity contribution in [3.63, 3.8) is 0 Å². The number of aliphatic hydroxyl groups excluding tert-OH is 1. The predicted molar refractivity (Wildman–Crippen MR) is 64.2 cm³/mol. The molecule has 2 heteroatoms. The molecule has 2 nitrogen and oxygen atoms in total. The first-order valence-electron chi connectivity index (χ1n) is 5.33. The SMILES string of the molecule is Cc1ccc(C(O)c2cccnc2)c(C)c1. The molecule has 2 aromatic rings. The highest BCUT2D eigenvalue weighted by Gasteiger charge is 2.12. The van der Waals surface area contributed by atoms with Gasteiger partial charge in [0.1, 0.15) is 6.10 Å². The summed E-state index contributed by atoms with van der Waals surface area (Å²) in [6.07, 6.45) is 2.82. The van der Waals surface area contributed by atoms with Crippen LogP contribution in [-0.4, -0.2) is 10.1 Å². The Morgan fingerprint density at radius 3 is 2.62 bits per heavy atom. The molecule has 0 saturated heterocycles. The van der Waals surface area contributed by atoms with Crippen molar-refractivity contribution in [1.29, 1.82) is 0 Å². The molecule has 1 aromatic carbocycles. The summed E-state index contributed by atoms with van der Waals surface area (Å²) in [4.78, 5) is 4.02. The largest absolute Gasteiger partial charge is 0.384 e. The summed E-state index contributed by atoms with van der Waals surface area (Å²) < 4.78 is 0. The maximum Gasteiger partial charge on any atom is 0.106 e. The third-order valence-electron chi connectivity index (χ3n) is 2.72. The van der Waals surface area contributed by atoms with Gasteiger partial charge in [-0.1, -0.05) is 29.8 Å². The Balaban J connectivity index is 2.38. The van der Waals surface area contributed by atoms with Crippen LogP contribution in [0.1, 0.15) is 28.4 Å². The Labute approximate surface area is 95.6 Å². The Morgan fingerprint density at radius 1 is 1.19 bits per heavy atom. The van der Waals surface area contributed by atoms with Crippen molar-refractivity contribution in [3.05, 3.63) is 65.0 Å². The number of hydrogen-bond acceptors (Lipinski definition) is 2. The standard InChI is InChI=1S/C14H15NO/c1-10-5-6-13(11(2)8-10)14(16)12-4-3-7-15-9-12/h3-9,14,16H,1-2H3. The second kappa shape index (κ2) is 4.45. The molecule has 2 rings (SSSR count). The van der Waals surface area contributed by atoms with Crippen molar-refractivity contribution in [2.75, 3.05) is 0 Å². The van der Waals surface area contributed by atoms with Crippen LogP contribution in [0, 0.1) is 13.8 Å². The number of nitrogens with zero attached hydrogens (tertiary/aromatic N) is 1. The zero-order valence-corrected chi connectivity index (χ0v) is 9.51. The fourth-order valence-electron chi connectivity index (χ4n) is 1.85. The molecule has 16 heavy (non-hydrogen) atoms. The van der Waals surface area contributed by atoms with Gasteiger partial charge in [-0.05, 0) is 31.0 Å². The summed E-state index contributed by atoms with van der Waals surface area (Å²) >= 11 is 0. The van der Waals surface area contributed by atoms with E-state index in [1.807, 2.05) is 38.1 Å². The van der Waals surface area contributed by atoms with Crippen molar-refractivity contribution >= 4 is 0 Å². The number of aromatic nitrogens is 1. The normalized spacial score (nSPS) is 12.4. The van der Waals surface area contributed by atoms with E-state index >= 15 is 0 Å². The van der Waals surface area contributed by atoms with E-state index < -0.39 is 6.10 Å². The van der Waals surface area contributed by atoms with Gasteiger partial charge in [-0.15, -0.1) is 0 Å². The lowest BCUT2D eigenvalue weighted by Crippen LogP contribution is -2.02. The van der Waals surface area contributed by atoms with Gasteiger partial charge in [0.15, 0.2) is 0 Å². The zero-order valence-electron chi connectivity index (χ0n) is 9.51. The summed E-state index contributed by atoms with van der Waals surface area (Å²) in [5.74, 6) is 0. The molecule has 1 unspecified atom stereocenters. The van der Waals surface area contributed by atoms with Gasteiger partial charge in [0.25, 0.3) is 0 Å². The van der Waals surface area contributed by atoms with Crippen LogP contribution < -0.4 is 0 Å². The minimum atomic E-state index is -0.589. The van der Waals surface area contributed by atoms with Crippen molar-refractivity contribution in [1.82, 2.24) is 4.98 Å². The number of hydrogen-bond donors (Lipinski definition) is 1. The molecule has 0 aliphatic heterocycles. The third-order valence-corrected chi connectivity index (χ3v) is 2.72. The minimum Gasteiger partial charge on any atom is -0.384 e. The van der Waals surface area contributed by atoms with Gasteiger partial charge in [0, 0.05) is 18.0 Å². The van der Waals surface area contributed by atoms with E-state index in [1.165, 1.54) is 5.56 Å². The maximum atomic E-state index is 10.2. The molecule has 1 aromatic heterocycles. The van der Waals surface area contributed by atoms with Crippen LogP contribution in [0.2, 0.25) is 0 Å². The van der Waals surface area contributed by atoms with Gasteiger partial charge < -0.3 is 5.11 Å². The van der Waals surface area contributed by atoms with E-state index in [2.05, 4.69) is 11.1 Å². The summed E-state index contributed by atoms with van der Waals surface area (Å²) in [5, 5.41) is 10.2. The Hall–Kier alpha value is -1.67. The molecule has 0 bridgehead atoms. The highest BCUT2D eigenvalue weighted by atomic mass is 16.3. The first-order chi connectivity index (χ1) is 7.68. The van der Waals surface area contributed by atoms with E-state index in [-0.39, 0.29) is 0 Å². The van der Waals surface area contributed by atoms with E-state index in [4.69, 9.17) is 0 Å². The smallest absolute Gasteiger partial charge is 0.106 e. The minimum absolute atomic E-state index is 0.589. The lowest BCUT2D eigenvalue weighted by atomic mass is 9.97. The van der Waals surface area contributed by atoms with E-state index in [1.54, 1.807) is 12.4 Å². The molecule has 0 fully saturated rings. The van der Waals surface area contributed by atoms with Crippen LogP contribution in [0.3, 0.4) is 0 Å². The molecule has 1 N–H and O–H groups in total. The van der Waals surface area contributed by atoms with Crippen molar-refractivity contribution in [2.24, 2.45) is 0 Å². The van der Waals surface area contributed by atoms with Crippen LogP contribution in [0.15, 0.2) is 42.7 Å². The van der Waals surface area contributed by atoms with Gasteiger partial charge in [-0.3, -0.25) is 4.98 Å². The topological polar surface area (TPSA) is 33.1 Å². The summed E-state index contributed by atoms with van der Waals surface area (Å²) in [5.41, 5.74) is 4.09. The second-order valence-corrected chi connectivity index (χ2v) is 4.05. The number of aliphatic hydroxyl groups is 1. The monoisotopic (exact) mass is 213 g/mol. The average Bonchev–Trinajstić information content (AvgIpc) is 2.29. The van der Waals surface area contributed by atoms with Gasteiger partial charge >= 0.3 is 0 Å². The number of rotatable bonds is 2. The zero-order chi connectivity index (χ0) is 11.5. The number of benzene rings is 1. The first-order valence-corrected chi connectivity index (χ1v) is 5.33. The van der Waals surface area contributed by atoms with Crippen LogP contribution >= 0.6 is 0 Å². The molecule has 1 atom stereocenters. The molecular formula is C14H15NO. The molecule has 0 saturated carbocycles. The summed E-state index contributed by atoms with van der Waals surface area (Å²) in [6, 6.07) is 9.79. The lowest BCUT2D eigenvalue weighted by Gasteiger charge is -2.14. The van der Waals surface area contributed by atoms with Gasteiger partial charge in [0.05, 0.1) is 0 Å². The van der Waals surface area contributed by atoms with Crippen LogP contribution in [0.4, 0.5) is 0 Å². The predicted octanol–water partition coefficient (Wildman–Crippen LogP) is 2.78. The van der Waals surface area contributed by atoms with Crippen LogP contribution in [-0.2, 0) is 0 Å². The Morgan fingerprint density at radius 2 is 2.00 bits per heavy atom. The van der Waals surface area contributed by atoms with Gasteiger partial charge in [0.2, 0.25) is 0 Å². The summed E-state index contributed by atoms with van der Waals surface area (Å²) in [7, 11) is 0. The number of aryl methyl sites for hydroxylation is 2. The van der Waals surface area contributed by atoms with Gasteiger partial charge in [-0.25, -0.2) is 0 Å². The lowest BCUT2D eigenvalue weighted by molar-refractivity contribution is 0.219. The number of pyridine rings is 1. The quantitative estimate of drug-likeness (QED) is 0.832. The highest BCUT2D eigenvalue weighted by Crippen LogP contribution is 2.24. The second-order valence-electron chi connectivity index (χ2n) is 4.05. The molecule has 0 aliphatic rings.